The molecule has 0 bridgehead atoms. The average molecular weight is 344 g/mol. The van der Waals surface area contributed by atoms with Crippen LogP contribution in [-0.2, 0) is 11.0 Å². The first-order valence-electron chi connectivity index (χ1n) is 7.24. The van der Waals surface area contributed by atoms with Crippen LogP contribution in [0.15, 0.2) is 24.3 Å². The van der Waals surface area contributed by atoms with E-state index in [4.69, 9.17) is 0 Å². The fourth-order valence-electron chi connectivity index (χ4n) is 2.80. The number of carbonyl (C=O) groups is 2. The lowest BCUT2D eigenvalue weighted by Gasteiger charge is -2.37. The van der Waals surface area contributed by atoms with Crippen molar-refractivity contribution in [1.29, 1.82) is 0 Å². The number of halogens is 3. The summed E-state index contributed by atoms with van der Waals surface area (Å²) in [7, 11) is 0. The highest BCUT2D eigenvalue weighted by Gasteiger charge is 2.36. The van der Waals surface area contributed by atoms with Crippen LogP contribution >= 0.6 is 11.8 Å². The molecule has 2 aliphatic rings. The first-order valence-corrected chi connectivity index (χ1v) is 8.22. The lowest BCUT2D eigenvalue weighted by Crippen LogP contribution is -2.50. The van der Waals surface area contributed by atoms with Gasteiger partial charge in [0.05, 0.1) is 5.56 Å². The van der Waals surface area contributed by atoms with Gasteiger partial charge in [0, 0.05) is 11.8 Å². The molecule has 0 radical (unpaired) electrons. The molecule has 0 unspecified atom stereocenters. The minimum Gasteiger partial charge on any atom is -0.352 e. The molecule has 2 fully saturated rings. The minimum atomic E-state index is -4.34. The lowest BCUT2D eigenvalue weighted by molar-refractivity contribution is -0.137. The number of hydrogen-bond donors (Lipinski definition) is 2. The van der Waals surface area contributed by atoms with E-state index in [-0.39, 0.29) is 23.1 Å². The molecule has 1 aromatic carbocycles. The number of hydrogen-bond acceptors (Lipinski definition) is 3. The van der Waals surface area contributed by atoms with Gasteiger partial charge in [-0.1, -0.05) is 30.0 Å². The highest BCUT2D eigenvalue weighted by Crippen LogP contribution is 2.39. The van der Waals surface area contributed by atoms with Crippen LogP contribution in [0.25, 0.3) is 0 Å². The van der Waals surface area contributed by atoms with Crippen molar-refractivity contribution in [2.75, 3.05) is 5.75 Å². The summed E-state index contributed by atoms with van der Waals surface area (Å²) in [6, 6.07) is 4.77. The van der Waals surface area contributed by atoms with Gasteiger partial charge < -0.3 is 10.6 Å². The van der Waals surface area contributed by atoms with Gasteiger partial charge in [-0.05, 0) is 30.4 Å². The maximum Gasteiger partial charge on any atom is 0.416 e. The molecule has 0 aromatic heterocycles. The van der Waals surface area contributed by atoms with Gasteiger partial charge in [0.15, 0.2) is 0 Å². The van der Waals surface area contributed by atoms with E-state index < -0.39 is 17.8 Å². The Labute approximate surface area is 135 Å². The van der Waals surface area contributed by atoms with E-state index in [0.29, 0.717) is 24.2 Å². The standard InChI is InChI=1S/C15H15F3N2O2S/c16-15(17,18)10-3-1-2-8(4-10)9-5-11(6-9)19-13(21)12-7-23-14(22)20-12/h1-4,9,11-12H,5-7H2,(H,19,21)(H,20,22)/t9?,11?,12-/m0/s1. The van der Waals surface area contributed by atoms with E-state index in [0.717, 1.165) is 17.8 Å². The van der Waals surface area contributed by atoms with Crippen molar-refractivity contribution >= 4 is 22.9 Å². The third-order valence-electron chi connectivity index (χ3n) is 4.16. The number of alkyl halides is 3. The molecule has 1 heterocycles. The SMILES string of the molecule is O=C1N[C@H](C(=O)NC2CC(c3cccc(C(F)(F)F)c3)C2)CS1. The van der Waals surface area contributed by atoms with Crippen molar-refractivity contribution in [3.8, 4) is 0 Å². The van der Waals surface area contributed by atoms with E-state index in [9.17, 15) is 22.8 Å². The summed E-state index contributed by atoms with van der Waals surface area (Å²) in [5, 5.41) is 5.19. The monoisotopic (exact) mass is 344 g/mol. The zero-order chi connectivity index (χ0) is 16.6. The first-order chi connectivity index (χ1) is 10.8. The van der Waals surface area contributed by atoms with Crippen LogP contribution in [0.3, 0.4) is 0 Å². The Hall–Kier alpha value is -1.70. The Morgan fingerprint density at radius 1 is 1.30 bits per heavy atom. The first kappa shape index (κ1) is 16.2. The topological polar surface area (TPSA) is 58.2 Å². The van der Waals surface area contributed by atoms with Crippen molar-refractivity contribution in [3.63, 3.8) is 0 Å². The molecule has 1 atom stereocenters. The predicted molar refractivity (Wildman–Crippen MR) is 80.1 cm³/mol. The number of thioether (sulfide) groups is 1. The van der Waals surface area contributed by atoms with Crippen LogP contribution in [0.4, 0.5) is 18.0 Å². The molecule has 4 nitrogen and oxygen atoms in total. The maximum atomic E-state index is 12.7. The Kier molecular flexibility index (Phi) is 4.27. The van der Waals surface area contributed by atoms with Crippen molar-refractivity contribution in [3.05, 3.63) is 35.4 Å². The molecule has 23 heavy (non-hydrogen) atoms. The predicted octanol–water partition coefficient (Wildman–Crippen LogP) is 2.89. The van der Waals surface area contributed by atoms with Crippen LogP contribution in [0.5, 0.6) is 0 Å². The summed E-state index contributed by atoms with van der Waals surface area (Å²) in [5.41, 5.74) is 0.00299. The van der Waals surface area contributed by atoms with E-state index >= 15 is 0 Å². The van der Waals surface area contributed by atoms with E-state index in [1.807, 2.05) is 0 Å². The Morgan fingerprint density at radius 3 is 2.65 bits per heavy atom. The summed E-state index contributed by atoms with van der Waals surface area (Å²) in [4.78, 5) is 23.0. The third-order valence-corrected chi connectivity index (χ3v) is 5.04. The quantitative estimate of drug-likeness (QED) is 0.886. The summed E-state index contributed by atoms with van der Waals surface area (Å²) in [6.45, 7) is 0. The molecule has 1 aromatic rings. The maximum absolute atomic E-state index is 12.7. The van der Waals surface area contributed by atoms with E-state index in [1.54, 1.807) is 6.07 Å². The number of benzene rings is 1. The third kappa shape index (κ3) is 3.63. The smallest absolute Gasteiger partial charge is 0.352 e. The van der Waals surface area contributed by atoms with Crippen LogP contribution in [0.2, 0.25) is 0 Å². The molecule has 124 valence electrons. The van der Waals surface area contributed by atoms with Crippen LogP contribution < -0.4 is 10.6 Å². The van der Waals surface area contributed by atoms with Gasteiger partial charge in [0.2, 0.25) is 5.91 Å². The normalized spacial score (nSPS) is 27.3. The van der Waals surface area contributed by atoms with Crippen LogP contribution in [0, 0.1) is 0 Å². The highest BCUT2D eigenvalue weighted by atomic mass is 32.2. The van der Waals surface area contributed by atoms with Crippen LogP contribution in [0.1, 0.15) is 29.9 Å². The zero-order valence-corrected chi connectivity index (χ0v) is 12.8. The van der Waals surface area contributed by atoms with Crippen molar-refractivity contribution in [2.45, 2.75) is 37.0 Å². The fourth-order valence-corrected chi connectivity index (χ4v) is 3.58. The Morgan fingerprint density at radius 2 is 2.04 bits per heavy atom. The molecule has 1 aliphatic heterocycles. The molecule has 2 amide bonds. The summed E-state index contributed by atoms with van der Waals surface area (Å²) >= 11 is 1.07. The molecule has 1 saturated carbocycles. The van der Waals surface area contributed by atoms with Crippen molar-refractivity contribution in [2.24, 2.45) is 0 Å². The fraction of sp³-hybridized carbons (Fsp3) is 0.467. The van der Waals surface area contributed by atoms with Crippen molar-refractivity contribution < 1.29 is 22.8 Å². The Balaban J connectivity index is 1.53. The zero-order valence-electron chi connectivity index (χ0n) is 12.0. The second-order valence-electron chi connectivity index (χ2n) is 5.79. The van der Waals surface area contributed by atoms with E-state index in [1.165, 1.54) is 12.1 Å². The molecular formula is C15H15F3N2O2S. The Bertz CT molecular complexity index is 629. The van der Waals surface area contributed by atoms with Gasteiger partial charge in [-0.2, -0.15) is 13.2 Å². The molecule has 8 heteroatoms. The molecular weight excluding hydrogens is 329 g/mol. The minimum absolute atomic E-state index is 0.0233. The molecule has 3 rings (SSSR count). The average Bonchev–Trinajstić information content (AvgIpc) is 2.88. The summed E-state index contributed by atoms with van der Waals surface area (Å²) in [6.07, 6.45) is -3.12. The molecule has 0 spiro atoms. The van der Waals surface area contributed by atoms with Crippen molar-refractivity contribution in [1.82, 2.24) is 10.6 Å². The number of rotatable bonds is 3. The molecule has 1 saturated heterocycles. The largest absolute Gasteiger partial charge is 0.416 e. The van der Waals surface area contributed by atoms with Gasteiger partial charge in [-0.25, -0.2) is 0 Å². The molecule has 2 N–H and O–H groups in total. The second kappa shape index (κ2) is 6.07. The van der Waals surface area contributed by atoms with E-state index in [2.05, 4.69) is 10.6 Å². The van der Waals surface area contributed by atoms with Gasteiger partial charge >= 0.3 is 6.18 Å². The lowest BCUT2D eigenvalue weighted by atomic mass is 9.75. The van der Waals surface area contributed by atoms with Gasteiger partial charge in [-0.3, -0.25) is 9.59 Å². The number of carbonyl (C=O) groups excluding carboxylic acids is 2. The highest BCUT2D eigenvalue weighted by molar-refractivity contribution is 8.14. The van der Waals surface area contributed by atoms with Gasteiger partial charge in [0.1, 0.15) is 6.04 Å². The molecule has 1 aliphatic carbocycles. The van der Waals surface area contributed by atoms with Crippen LogP contribution in [-0.4, -0.2) is 29.0 Å². The summed E-state index contributed by atoms with van der Waals surface area (Å²) in [5.74, 6) is 0.208. The second-order valence-corrected chi connectivity index (χ2v) is 6.79. The number of amides is 2. The van der Waals surface area contributed by atoms with Gasteiger partial charge in [-0.15, -0.1) is 0 Å². The number of nitrogens with one attached hydrogen (secondary N) is 2. The van der Waals surface area contributed by atoms with Gasteiger partial charge in [0.25, 0.3) is 5.24 Å². The summed E-state index contributed by atoms with van der Waals surface area (Å²) < 4.78 is 38.1.